The maximum atomic E-state index is 12.4. The van der Waals surface area contributed by atoms with Crippen LogP contribution in [0.25, 0.3) is 0 Å². The second-order valence-electron chi connectivity index (χ2n) is 15.7. The minimum Gasteiger partial charge on any atom is -0.394 e. The van der Waals surface area contributed by atoms with Gasteiger partial charge in [-0.05, 0) is 12.8 Å². The molecule has 1 amide bonds. The van der Waals surface area contributed by atoms with Crippen LogP contribution in [0, 0.1) is 0 Å². The van der Waals surface area contributed by atoms with Crippen LogP contribution in [0.4, 0.5) is 0 Å². The Morgan fingerprint density at radius 2 is 0.694 bits per heavy atom. The largest absolute Gasteiger partial charge is 0.394 e. The standard InChI is InChI=1S/C44H89NO4/c1-3-5-7-9-11-13-15-17-19-20-21-22-23-24-26-28-30-32-34-36-38-43(48)42(40-46)45-44(49)39-41(47)37-35-33-31-29-27-25-18-16-14-12-10-8-6-4-2/h41-43,46-48H,3-40H2,1-2H3,(H,45,49). The van der Waals surface area contributed by atoms with Crippen molar-refractivity contribution in [3.8, 4) is 0 Å². The first-order valence-electron chi connectivity index (χ1n) is 22.3. The topological polar surface area (TPSA) is 89.8 Å². The number of amides is 1. The molecule has 0 rings (SSSR count). The minimum atomic E-state index is -0.743. The third-order valence-corrected chi connectivity index (χ3v) is 10.7. The van der Waals surface area contributed by atoms with Crippen molar-refractivity contribution in [2.75, 3.05) is 6.61 Å². The summed E-state index contributed by atoms with van der Waals surface area (Å²) >= 11 is 0. The van der Waals surface area contributed by atoms with Gasteiger partial charge in [0, 0.05) is 0 Å². The minimum absolute atomic E-state index is 0.0426. The number of carbonyl (C=O) groups excluding carboxylic acids is 1. The lowest BCUT2D eigenvalue weighted by atomic mass is 10.0. The summed E-state index contributed by atoms with van der Waals surface area (Å²) in [5.41, 5.74) is 0. The molecule has 294 valence electrons. The van der Waals surface area contributed by atoms with E-state index in [1.807, 2.05) is 0 Å². The molecule has 0 fully saturated rings. The van der Waals surface area contributed by atoms with Crippen LogP contribution >= 0.6 is 0 Å². The smallest absolute Gasteiger partial charge is 0.222 e. The van der Waals surface area contributed by atoms with E-state index in [4.69, 9.17) is 0 Å². The van der Waals surface area contributed by atoms with Crippen molar-refractivity contribution in [2.24, 2.45) is 0 Å². The van der Waals surface area contributed by atoms with E-state index in [1.54, 1.807) is 0 Å². The normalized spacial score (nSPS) is 13.5. The number of carbonyl (C=O) groups is 1. The summed E-state index contributed by atoms with van der Waals surface area (Å²) in [6, 6.07) is -0.652. The van der Waals surface area contributed by atoms with E-state index in [0.29, 0.717) is 12.8 Å². The summed E-state index contributed by atoms with van der Waals surface area (Å²) in [4.78, 5) is 12.4. The van der Waals surface area contributed by atoms with Gasteiger partial charge in [-0.1, -0.05) is 232 Å². The molecule has 3 unspecified atom stereocenters. The Morgan fingerprint density at radius 3 is 0.980 bits per heavy atom. The quantitative estimate of drug-likeness (QED) is 0.0479. The van der Waals surface area contributed by atoms with Gasteiger partial charge in [-0.3, -0.25) is 4.79 Å². The highest BCUT2D eigenvalue weighted by molar-refractivity contribution is 5.76. The molecule has 3 atom stereocenters. The monoisotopic (exact) mass is 696 g/mol. The van der Waals surface area contributed by atoms with Gasteiger partial charge in [0.05, 0.1) is 31.3 Å². The fraction of sp³-hybridized carbons (Fsp3) is 0.977. The molecule has 0 aromatic heterocycles. The van der Waals surface area contributed by atoms with Gasteiger partial charge in [0.25, 0.3) is 0 Å². The fourth-order valence-electron chi connectivity index (χ4n) is 7.23. The fourth-order valence-corrected chi connectivity index (χ4v) is 7.23. The molecular weight excluding hydrogens is 606 g/mol. The molecule has 0 radical (unpaired) electrons. The maximum absolute atomic E-state index is 12.4. The molecule has 0 spiro atoms. The second-order valence-corrected chi connectivity index (χ2v) is 15.7. The molecule has 0 aliphatic carbocycles. The third kappa shape index (κ3) is 36.9. The molecule has 0 bridgehead atoms. The Kier molecular flexibility index (Phi) is 39.6. The number of unbranched alkanes of at least 4 members (excludes halogenated alkanes) is 32. The van der Waals surface area contributed by atoms with Crippen molar-refractivity contribution in [1.29, 1.82) is 0 Å². The van der Waals surface area contributed by atoms with Crippen LogP contribution in [0.2, 0.25) is 0 Å². The Morgan fingerprint density at radius 1 is 0.429 bits per heavy atom. The zero-order valence-corrected chi connectivity index (χ0v) is 33.4. The van der Waals surface area contributed by atoms with Crippen LogP contribution in [-0.4, -0.2) is 46.1 Å². The Bertz CT molecular complexity index is 644. The molecule has 5 nitrogen and oxygen atoms in total. The average Bonchev–Trinajstić information content (AvgIpc) is 3.09. The van der Waals surface area contributed by atoms with Crippen LogP contribution in [0.1, 0.15) is 251 Å². The number of hydrogen-bond donors (Lipinski definition) is 4. The molecule has 49 heavy (non-hydrogen) atoms. The Hall–Kier alpha value is -0.650. The van der Waals surface area contributed by atoms with Gasteiger partial charge in [-0.25, -0.2) is 0 Å². The molecular formula is C44H89NO4. The van der Waals surface area contributed by atoms with Crippen molar-refractivity contribution < 1.29 is 20.1 Å². The van der Waals surface area contributed by atoms with Gasteiger partial charge < -0.3 is 20.6 Å². The van der Waals surface area contributed by atoms with E-state index in [9.17, 15) is 20.1 Å². The van der Waals surface area contributed by atoms with Gasteiger partial charge in [0.1, 0.15) is 0 Å². The summed E-state index contributed by atoms with van der Waals surface area (Å²) in [6.45, 7) is 4.28. The van der Waals surface area contributed by atoms with Crippen molar-refractivity contribution >= 4 is 5.91 Å². The molecule has 5 heteroatoms. The zero-order chi connectivity index (χ0) is 35.9. The highest BCUT2D eigenvalue weighted by Crippen LogP contribution is 2.17. The van der Waals surface area contributed by atoms with Gasteiger partial charge in [-0.15, -0.1) is 0 Å². The van der Waals surface area contributed by atoms with E-state index in [2.05, 4.69) is 19.2 Å². The first kappa shape index (κ1) is 48.3. The van der Waals surface area contributed by atoms with E-state index < -0.39 is 18.2 Å². The van der Waals surface area contributed by atoms with Gasteiger partial charge in [0.2, 0.25) is 5.91 Å². The lowest BCUT2D eigenvalue weighted by Crippen LogP contribution is -2.46. The van der Waals surface area contributed by atoms with Gasteiger partial charge in [-0.2, -0.15) is 0 Å². The molecule has 0 saturated carbocycles. The maximum Gasteiger partial charge on any atom is 0.222 e. The first-order chi connectivity index (χ1) is 24.0. The zero-order valence-electron chi connectivity index (χ0n) is 33.4. The predicted molar refractivity (Wildman–Crippen MR) is 213 cm³/mol. The summed E-state index contributed by atoms with van der Waals surface area (Å²) < 4.78 is 0. The average molecular weight is 696 g/mol. The van der Waals surface area contributed by atoms with Crippen molar-refractivity contribution in [1.82, 2.24) is 5.32 Å². The van der Waals surface area contributed by atoms with Crippen molar-refractivity contribution in [2.45, 2.75) is 270 Å². The van der Waals surface area contributed by atoms with Crippen molar-refractivity contribution in [3.63, 3.8) is 0 Å². The summed E-state index contributed by atoms with van der Waals surface area (Å²) in [5.74, 6) is -0.278. The number of hydrogen-bond acceptors (Lipinski definition) is 4. The van der Waals surface area contributed by atoms with Gasteiger partial charge >= 0.3 is 0 Å². The first-order valence-corrected chi connectivity index (χ1v) is 22.3. The predicted octanol–water partition coefficient (Wildman–Crippen LogP) is 12.7. The molecule has 0 aromatic carbocycles. The van der Waals surface area contributed by atoms with Crippen LogP contribution in [0.15, 0.2) is 0 Å². The van der Waals surface area contributed by atoms with E-state index in [0.717, 1.165) is 25.7 Å². The highest BCUT2D eigenvalue weighted by atomic mass is 16.3. The SMILES string of the molecule is CCCCCCCCCCCCCCCCCCCCCCC(O)C(CO)NC(=O)CC(O)CCCCCCCCCCCCCCCC. The molecule has 0 heterocycles. The molecule has 0 aliphatic rings. The second kappa shape index (κ2) is 40.1. The Labute approximate surface area is 307 Å². The number of aliphatic hydroxyl groups is 3. The lowest BCUT2D eigenvalue weighted by molar-refractivity contribution is -0.125. The van der Waals surface area contributed by atoms with Crippen LogP contribution in [0.5, 0.6) is 0 Å². The number of aliphatic hydroxyl groups excluding tert-OH is 3. The molecule has 0 saturated heterocycles. The van der Waals surface area contributed by atoms with E-state index >= 15 is 0 Å². The summed E-state index contributed by atoms with van der Waals surface area (Å²) in [5, 5.41) is 33.4. The van der Waals surface area contributed by atoms with E-state index in [1.165, 1.54) is 193 Å². The van der Waals surface area contributed by atoms with Crippen LogP contribution in [-0.2, 0) is 4.79 Å². The number of nitrogens with one attached hydrogen (secondary N) is 1. The molecule has 0 aliphatic heterocycles. The third-order valence-electron chi connectivity index (χ3n) is 10.7. The lowest BCUT2D eigenvalue weighted by Gasteiger charge is -2.23. The summed E-state index contributed by atoms with van der Waals surface area (Å²) in [7, 11) is 0. The van der Waals surface area contributed by atoms with E-state index in [-0.39, 0.29) is 18.9 Å². The number of rotatable bonds is 41. The van der Waals surface area contributed by atoms with Crippen molar-refractivity contribution in [3.05, 3.63) is 0 Å². The highest BCUT2D eigenvalue weighted by Gasteiger charge is 2.21. The van der Waals surface area contributed by atoms with Crippen LogP contribution in [0.3, 0.4) is 0 Å². The molecule has 4 N–H and O–H groups in total. The Balaban J connectivity index is 3.57. The van der Waals surface area contributed by atoms with Crippen LogP contribution < -0.4 is 5.32 Å². The molecule has 0 aromatic rings. The summed E-state index contributed by atoms with van der Waals surface area (Å²) in [6.07, 6.45) is 45.0. The van der Waals surface area contributed by atoms with Gasteiger partial charge in [0.15, 0.2) is 0 Å².